The van der Waals surface area contributed by atoms with Gasteiger partial charge in [0, 0.05) is 37.1 Å². The van der Waals surface area contributed by atoms with Crippen LogP contribution in [0, 0.1) is 5.82 Å². The van der Waals surface area contributed by atoms with E-state index >= 15 is 0 Å². The van der Waals surface area contributed by atoms with Crippen molar-refractivity contribution in [3.8, 4) is 11.4 Å². The lowest BCUT2D eigenvalue weighted by Crippen LogP contribution is -2.14. The van der Waals surface area contributed by atoms with Crippen LogP contribution in [0.3, 0.4) is 0 Å². The minimum Gasteiger partial charge on any atom is -0.334 e. The van der Waals surface area contributed by atoms with Crippen LogP contribution in [0.25, 0.3) is 11.4 Å². The molecule has 1 aromatic carbocycles. The number of aromatic nitrogens is 2. The van der Waals surface area contributed by atoms with Crippen LogP contribution in [0.2, 0.25) is 0 Å². The quantitative estimate of drug-likeness (QED) is 0.823. The Kier molecular flexibility index (Phi) is 4.10. The standard InChI is InChI=1S/C14H18FN3/c1-3-6-16-10-12-5-4-11(9-13(12)15)14-17-7-8-18(14)2/h4-5,7-9,16H,3,6,10H2,1-2H3. The normalized spacial score (nSPS) is 10.8. The highest BCUT2D eigenvalue weighted by molar-refractivity contribution is 5.56. The van der Waals surface area contributed by atoms with E-state index in [1.165, 1.54) is 0 Å². The maximum Gasteiger partial charge on any atom is 0.139 e. The summed E-state index contributed by atoms with van der Waals surface area (Å²) in [5, 5.41) is 3.20. The minimum atomic E-state index is -0.181. The largest absolute Gasteiger partial charge is 0.334 e. The number of nitrogens with zero attached hydrogens (tertiary/aromatic N) is 2. The minimum absolute atomic E-state index is 0.181. The predicted octanol–water partition coefficient (Wildman–Crippen LogP) is 2.73. The molecule has 0 aliphatic carbocycles. The third-order valence-corrected chi connectivity index (χ3v) is 2.87. The Morgan fingerprint density at radius 3 is 2.83 bits per heavy atom. The Morgan fingerprint density at radius 1 is 1.39 bits per heavy atom. The van der Waals surface area contributed by atoms with Crippen molar-refractivity contribution in [2.24, 2.45) is 7.05 Å². The molecule has 0 aliphatic heterocycles. The van der Waals surface area contributed by atoms with E-state index in [0.29, 0.717) is 12.1 Å². The van der Waals surface area contributed by atoms with Crippen molar-refractivity contribution in [1.82, 2.24) is 14.9 Å². The lowest BCUT2D eigenvalue weighted by atomic mass is 10.1. The van der Waals surface area contributed by atoms with Crippen molar-refractivity contribution >= 4 is 0 Å². The van der Waals surface area contributed by atoms with Gasteiger partial charge in [0.2, 0.25) is 0 Å². The lowest BCUT2D eigenvalue weighted by molar-refractivity contribution is 0.586. The molecule has 0 fully saturated rings. The van der Waals surface area contributed by atoms with Crippen LogP contribution in [0.5, 0.6) is 0 Å². The van der Waals surface area contributed by atoms with E-state index in [9.17, 15) is 4.39 Å². The molecule has 0 bridgehead atoms. The number of imidazole rings is 1. The molecule has 1 heterocycles. The number of aryl methyl sites for hydroxylation is 1. The van der Waals surface area contributed by atoms with Crippen LogP contribution in [0.4, 0.5) is 4.39 Å². The summed E-state index contributed by atoms with van der Waals surface area (Å²) in [6, 6.07) is 5.28. The molecule has 0 atom stereocenters. The first-order chi connectivity index (χ1) is 8.72. The van der Waals surface area contributed by atoms with Crippen molar-refractivity contribution in [2.45, 2.75) is 19.9 Å². The van der Waals surface area contributed by atoms with Crippen LogP contribution in [0.15, 0.2) is 30.6 Å². The van der Waals surface area contributed by atoms with Gasteiger partial charge in [-0.2, -0.15) is 0 Å². The molecule has 0 radical (unpaired) electrons. The van der Waals surface area contributed by atoms with Crippen molar-refractivity contribution in [2.75, 3.05) is 6.54 Å². The Labute approximate surface area is 107 Å². The molecular formula is C14H18FN3. The molecule has 0 spiro atoms. The highest BCUT2D eigenvalue weighted by Gasteiger charge is 2.07. The zero-order valence-electron chi connectivity index (χ0n) is 10.8. The van der Waals surface area contributed by atoms with E-state index in [2.05, 4.69) is 17.2 Å². The maximum atomic E-state index is 13.9. The van der Waals surface area contributed by atoms with Gasteiger partial charge in [0.25, 0.3) is 0 Å². The summed E-state index contributed by atoms with van der Waals surface area (Å²) in [5.74, 6) is 0.598. The van der Waals surface area contributed by atoms with E-state index < -0.39 is 0 Å². The van der Waals surface area contributed by atoms with Crippen molar-refractivity contribution in [3.63, 3.8) is 0 Å². The first-order valence-electron chi connectivity index (χ1n) is 6.19. The summed E-state index contributed by atoms with van der Waals surface area (Å²) in [6.07, 6.45) is 4.61. The predicted molar refractivity (Wildman–Crippen MR) is 70.6 cm³/mol. The monoisotopic (exact) mass is 247 g/mol. The topological polar surface area (TPSA) is 29.9 Å². The smallest absolute Gasteiger partial charge is 0.139 e. The summed E-state index contributed by atoms with van der Waals surface area (Å²) < 4.78 is 15.8. The first kappa shape index (κ1) is 12.8. The molecule has 1 aromatic heterocycles. The summed E-state index contributed by atoms with van der Waals surface area (Å²) >= 11 is 0. The van der Waals surface area contributed by atoms with Crippen LogP contribution in [-0.2, 0) is 13.6 Å². The van der Waals surface area contributed by atoms with Gasteiger partial charge in [0.05, 0.1) is 0 Å². The number of hydrogen-bond donors (Lipinski definition) is 1. The molecule has 0 amide bonds. The second kappa shape index (κ2) is 5.78. The number of nitrogens with one attached hydrogen (secondary N) is 1. The lowest BCUT2D eigenvalue weighted by Gasteiger charge is -2.07. The molecule has 0 aliphatic rings. The van der Waals surface area contributed by atoms with Crippen molar-refractivity contribution in [1.29, 1.82) is 0 Å². The second-order valence-corrected chi connectivity index (χ2v) is 4.34. The van der Waals surface area contributed by atoms with Gasteiger partial charge in [-0.15, -0.1) is 0 Å². The zero-order chi connectivity index (χ0) is 13.0. The van der Waals surface area contributed by atoms with E-state index in [1.807, 2.05) is 29.9 Å². The summed E-state index contributed by atoms with van der Waals surface area (Å²) in [7, 11) is 1.90. The first-order valence-corrected chi connectivity index (χ1v) is 6.19. The fourth-order valence-corrected chi connectivity index (χ4v) is 1.87. The Balaban J connectivity index is 2.17. The molecule has 96 valence electrons. The van der Waals surface area contributed by atoms with Crippen LogP contribution >= 0.6 is 0 Å². The van der Waals surface area contributed by atoms with Gasteiger partial charge >= 0.3 is 0 Å². The van der Waals surface area contributed by atoms with Gasteiger partial charge in [0.15, 0.2) is 0 Å². The van der Waals surface area contributed by atoms with Gasteiger partial charge in [-0.05, 0) is 19.0 Å². The molecule has 0 saturated heterocycles. The van der Waals surface area contributed by atoms with Gasteiger partial charge in [0.1, 0.15) is 11.6 Å². The zero-order valence-corrected chi connectivity index (χ0v) is 10.8. The molecule has 2 rings (SSSR count). The third-order valence-electron chi connectivity index (χ3n) is 2.87. The summed E-state index contributed by atoms with van der Waals surface area (Å²) in [4.78, 5) is 4.21. The molecule has 4 heteroatoms. The van der Waals surface area contributed by atoms with Crippen molar-refractivity contribution in [3.05, 3.63) is 42.0 Å². The third kappa shape index (κ3) is 2.76. The average molecular weight is 247 g/mol. The van der Waals surface area contributed by atoms with Gasteiger partial charge in [-0.1, -0.05) is 19.1 Å². The summed E-state index contributed by atoms with van der Waals surface area (Å²) in [5.41, 5.74) is 1.50. The number of rotatable bonds is 5. The molecule has 0 unspecified atom stereocenters. The van der Waals surface area contributed by atoms with Crippen LogP contribution < -0.4 is 5.32 Å². The number of halogens is 1. The fourth-order valence-electron chi connectivity index (χ4n) is 1.87. The summed E-state index contributed by atoms with van der Waals surface area (Å²) in [6.45, 7) is 3.56. The van der Waals surface area contributed by atoms with Crippen LogP contribution in [0.1, 0.15) is 18.9 Å². The molecule has 1 N–H and O–H groups in total. The van der Waals surface area contributed by atoms with Gasteiger partial charge < -0.3 is 9.88 Å². The second-order valence-electron chi connectivity index (χ2n) is 4.34. The van der Waals surface area contributed by atoms with E-state index in [0.717, 1.165) is 24.4 Å². The maximum absolute atomic E-state index is 13.9. The van der Waals surface area contributed by atoms with E-state index in [-0.39, 0.29) is 5.82 Å². The Hall–Kier alpha value is -1.68. The highest BCUT2D eigenvalue weighted by Crippen LogP contribution is 2.19. The molecule has 2 aromatic rings. The molecule has 3 nitrogen and oxygen atoms in total. The molecular weight excluding hydrogens is 229 g/mol. The SMILES string of the molecule is CCCNCc1ccc(-c2nccn2C)cc1F. The Bertz CT molecular complexity index is 520. The highest BCUT2D eigenvalue weighted by atomic mass is 19.1. The van der Waals surface area contributed by atoms with E-state index in [1.54, 1.807) is 12.3 Å². The van der Waals surface area contributed by atoms with E-state index in [4.69, 9.17) is 0 Å². The Morgan fingerprint density at radius 2 is 2.22 bits per heavy atom. The van der Waals surface area contributed by atoms with Crippen molar-refractivity contribution < 1.29 is 4.39 Å². The number of benzene rings is 1. The van der Waals surface area contributed by atoms with Gasteiger partial charge in [-0.3, -0.25) is 0 Å². The molecule has 0 saturated carbocycles. The molecule has 18 heavy (non-hydrogen) atoms. The van der Waals surface area contributed by atoms with Crippen LogP contribution in [-0.4, -0.2) is 16.1 Å². The fraction of sp³-hybridized carbons (Fsp3) is 0.357. The average Bonchev–Trinajstić information content (AvgIpc) is 2.78. The van der Waals surface area contributed by atoms with Gasteiger partial charge in [-0.25, -0.2) is 9.37 Å². The number of hydrogen-bond acceptors (Lipinski definition) is 2.